The van der Waals surface area contributed by atoms with Crippen molar-refractivity contribution in [2.75, 3.05) is 0 Å². The second-order valence-electron chi connectivity index (χ2n) is 12.0. The molecule has 2 aromatic heterocycles. The molecule has 0 saturated heterocycles. The molecular weight excluding hydrogens is 557 g/mol. The SMILES string of the molecule is CC1C=C2NC(c3cccc4c3[nH]c3ccc(-n5c6ccccc6c6cc(-c7ccccc7)c(S)cc65)cc34)C=NC2=CC1. The molecule has 9 rings (SSSR count). The number of nitrogens with zero attached hydrogens (tertiary/aromatic N) is 2. The summed E-state index contributed by atoms with van der Waals surface area (Å²) in [6.45, 7) is 2.25. The second kappa shape index (κ2) is 9.76. The number of hydrogen-bond donors (Lipinski definition) is 3. The first-order chi connectivity index (χ1) is 21.6. The van der Waals surface area contributed by atoms with Crippen LogP contribution in [0.5, 0.6) is 0 Å². The fraction of sp³-hybridized carbons (Fsp3) is 0.103. The Morgan fingerprint density at radius 2 is 1.64 bits per heavy atom. The summed E-state index contributed by atoms with van der Waals surface area (Å²) >= 11 is 4.98. The molecule has 2 N–H and O–H groups in total. The predicted octanol–water partition coefficient (Wildman–Crippen LogP) is 9.90. The number of allylic oxidation sites excluding steroid dienone is 2. The standard InChI is InChI=1S/C39H30N4S/c1-23-14-16-33-34(18-23)41-35(22-40-33)28-12-7-11-27-30-19-25(15-17-32(30)42-39(27)28)43-36-13-6-5-10-26(36)31-20-29(38(44)21-37(31)43)24-8-3-2-4-9-24/h2-13,15-23,35,41-42,44H,14H2,1H3. The van der Waals surface area contributed by atoms with Crippen LogP contribution in [0.2, 0.25) is 0 Å². The van der Waals surface area contributed by atoms with E-state index in [0.29, 0.717) is 5.92 Å². The number of aromatic nitrogens is 2. The minimum atomic E-state index is 0.00453. The van der Waals surface area contributed by atoms with Crippen LogP contribution in [0.1, 0.15) is 24.9 Å². The van der Waals surface area contributed by atoms with E-state index in [0.717, 1.165) is 50.5 Å². The van der Waals surface area contributed by atoms with Crippen molar-refractivity contribution < 1.29 is 0 Å². The lowest BCUT2D eigenvalue weighted by molar-refractivity contribution is 0.667. The fourth-order valence-corrected chi connectivity index (χ4v) is 7.39. The van der Waals surface area contributed by atoms with Gasteiger partial charge in [-0.2, -0.15) is 0 Å². The van der Waals surface area contributed by atoms with Crippen LogP contribution in [0.4, 0.5) is 0 Å². The number of aliphatic imine (C=N–C) groups is 1. The molecule has 0 amide bonds. The normalized spacial score (nSPS) is 18.0. The molecule has 212 valence electrons. The van der Waals surface area contributed by atoms with Crippen molar-refractivity contribution in [1.82, 2.24) is 14.9 Å². The van der Waals surface area contributed by atoms with Crippen LogP contribution >= 0.6 is 12.6 Å². The summed E-state index contributed by atoms with van der Waals surface area (Å²) < 4.78 is 2.38. The first-order valence-electron chi connectivity index (χ1n) is 15.2. The van der Waals surface area contributed by atoms with E-state index in [1.54, 1.807) is 0 Å². The van der Waals surface area contributed by atoms with Gasteiger partial charge in [-0.05, 0) is 59.9 Å². The number of nitrogens with one attached hydrogen (secondary N) is 2. The van der Waals surface area contributed by atoms with Gasteiger partial charge in [0.25, 0.3) is 0 Å². The Balaban J connectivity index is 1.21. The maximum Gasteiger partial charge on any atom is 0.0891 e. The van der Waals surface area contributed by atoms with Crippen LogP contribution in [0.15, 0.2) is 137 Å². The van der Waals surface area contributed by atoms with E-state index in [-0.39, 0.29) is 6.04 Å². The third kappa shape index (κ3) is 3.89. The lowest BCUT2D eigenvalue weighted by Gasteiger charge is -2.27. The molecular formula is C39H30N4S. The highest BCUT2D eigenvalue weighted by molar-refractivity contribution is 7.80. The second-order valence-corrected chi connectivity index (χ2v) is 12.5. The van der Waals surface area contributed by atoms with Gasteiger partial charge in [-0.25, -0.2) is 0 Å². The van der Waals surface area contributed by atoms with Crippen LogP contribution in [0.3, 0.4) is 0 Å². The third-order valence-corrected chi connectivity index (χ3v) is 9.57. The van der Waals surface area contributed by atoms with Gasteiger partial charge in [-0.15, -0.1) is 12.6 Å². The Morgan fingerprint density at radius 3 is 2.55 bits per heavy atom. The van der Waals surface area contributed by atoms with E-state index in [4.69, 9.17) is 17.6 Å². The Labute approximate surface area is 260 Å². The van der Waals surface area contributed by atoms with Crippen molar-refractivity contribution >= 4 is 62.5 Å². The molecule has 7 aromatic rings. The van der Waals surface area contributed by atoms with E-state index >= 15 is 0 Å². The molecule has 0 saturated carbocycles. The van der Waals surface area contributed by atoms with Crippen LogP contribution < -0.4 is 5.32 Å². The zero-order valence-corrected chi connectivity index (χ0v) is 25.1. The van der Waals surface area contributed by atoms with Gasteiger partial charge >= 0.3 is 0 Å². The molecule has 0 bridgehead atoms. The summed E-state index contributed by atoms with van der Waals surface area (Å²) in [5, 5.41) is 8.62. The van der Waals surface area contributed by atoms with Gasteiger partial charge in [0.1, 0.15) is 0 Å². The summed E-state index contributed by atoms with van der Waals surface area (Å²) in [7, 11) is 0. The third-order valence-electron chi connectivity index (χ3n) is 9.20. The molecule has 44 heavy (non-hydrogen) atoms. The van der Waals surface area contributed by atoms with Gasteiger partial charge in [0.05, 0.1) is 34.0 Å². The van der Waals surface area contributed by atoms with Crippen molar-refractivity contribution in [1.29, 1.82) is 0 Å². The molecule has 1 aliphatic heterocycles. The van der Waals surface area contributed by atoms with E-state index in [9.17, 15) is 0 Å². The van der Waals surface area contributed by atoms with Gasteiger partial charge < -0.3 is 14.9 Å². The number of H-pyrrole nitrogens is 1. The molecule has 4 nitrogen and oxygen atoms in total. The van der Waals surface area contributed by atoms with Gasteiger partial charge in [0.15, 0.2) is 0 Å². The zero-order valence-electron chi connectivity index (χ0n) is 24.3. The topological polar surface area (TPSA) is 45.1 Å². The van der Waals surface area contributed by atoms with Gasteiger partial charge in [0.2, 0.25) is 0 Å². The number of aromatic amines is 1. The Kier molecular flexibility index (Phi) is 5.66. The number of rotatable bonds is 3. The minimum absolute atomic E-state index is 0.00453. The summed E-state index contributed by atoms with van der Waals surface area (Å²) in [6.07, 6.45) is 7.62. The number of thiol groups is 1. The van der Waals surface area contributed by atoms with Crippen molar-refractivity contribution in [3.05, 3.63) is 132 Å². The Morgan fingerprint density at radius 1 is 0.795 bits per heavy atom. The van der Waals surface area contributed by atoms with Crippen molar-refractivity contribution in [2.24, 2.45) is 10.9 Å². The monoisotopic (exact) mass is 586 g/mol. The smallest absolute Gasteiger partial charge is 0.0891 e. The number of hydrogen-bond acceptors (Lipinski definition) is 3. The summed E-state index contributed by atoms with van der Waals surface area (Å²) in [4.78, 5) is 9.54. The number of fused-ring (bicyclic) bond motifs is 7. The first-order valence-corrected chi connectivity index (χ1v) is 15.7. The van der Waals surface area contributed by atoms with E-state index in [1.807, 2.05) is 6.21 Å². The quantitative estimate of drug-likeness (QED) is 0.177. The molecule has 2 aliphatic rings. The fourth-order valence-electron chi connectivity index (χ4n) is 7.07. The van der Waals surface area contributed by atoms with Gasteiger partial charge in [-0.1, -0.05) is 85.8 Å². The number of para-hydroxylation sites is 2. The van der Waals surface area contributed by atoms with Crippen molar-refractivity contribution in [3.63, 3.8) is 0 Å². The molecule has 1 aliphatic carbocycles. The van der Waals surface area contributed by atoms with Gasteiger partial charge in [0, 0.05) is 49.4 Å². The highest BCUT2D eigenvalue weighted by atomic mass is 32.1. The average molecular weight is 587 g/mol. The molecule has 0 spiro atoms. The average Bonchev–Trinajstić information content (AvgIpc) is 3.59. The lowest BCUT2D eigenvalue weighted by Crippen LogP contribution is -2.28. The van der Waals surface area contributed by atoms with Crippen LogP contribution in [0, 0.1) is 5.92 Å². The molecule has 0 fully saturated rings. The molecule has 0 radical (unpaired) electrons. The molecule has 2 atom stereocenters. The highest BCUT2D eigenvalue weighted by Gasteiger charge is 2.23. The maximum absolute atomic E-state index is 4.98. The van der Waals surface area contributed by atoms with Crippen LogP contribution in [-0.4, -0.2) is 15.8 Å². The lowest BCUT2D eigenvalue weighted by atomic mass is 9.96. The molecule has 5 aromatic carbocycles. The first kappa shape index (κ1) is 25.5. The van der Waals surface area contributed by atoms with E-state index < -0.39 is 0 Å². The Bertz CT molecular complexity index is 2370. The Hall–Kier alpha value is -5.00. The molecule has 5 heteroatoms. The van der Waals surface area contributed by atoms with Crippen LogP contribution in [0.25, 0.3) is 60.4 Å². The van der Waals surface area contributed by atoms with Crippen molar-refractivity contribution in [2.45, 2.75) is 24.3 Å². The zero-order chi connectivity index (χ0) is 29.4. The largest absolute Gasteiger partial charge is 0.372 e. The molecule has 2 unspecified atom stereocenters. The summed E-state index contributed by atoms with van der Waals surface area (Å²) in [5.41, 5.74) is 11.4. The van der Waals surface area contributed by atoms with Crippen molar-refractivity contribution in [3.8, 4) is 16.8 Å². The highest BCUT2D eigenvalue weighted by Crippen LogP contribution is 2.40. The van der Waals surface area contributed by atoms with Gasteiger partial charge in [-0.3, -0.25) is 4.99 Å². The summed E-state index contributed by atoms with van der Waals surface area (Å²) in [5.74, 6) is 0.516. The minimum Gasteiger partial charge on any atom is -0.372 e. The van der Waals surface area contributed by atoms with E-state index in [1.165, 1.54) is 38.2 Å². The predicted molar refractivity (Wildman–Crippen MR) is 187 cm³/mol. The van der Waals surface area contributed by atoms with E-state index in [2.05, 4.69) is 137 Å². The van der Waals surface area contributed by atoms with Crippen LogP contribution in [-0.2, 0) is 0 Å². The number of benzene rings is 5. The molecule has 3 heterocycles. The maximum atomic E-state index is 4.98. The summed E-state index contributed by atoms with van der Waals surface area (Å²) in [6, 6.07) is 37.0.